The zero-order valence-electron chi connectivity index (χ0n) is 10.8. The number of carbonyl (C=O) groups is 1. The summed E-state index contributed by atoms with van der Waals surface area (Å²) in [6.45, 7) is 1.31. The lowest BCUT2D eigenvalue weighted by Crippen LogP contribution is -2.36. The molecule has 0 saturated carbocycles. The molecule has 0 bridgehead atoms. The van der Waals surface area contributed by atoms with Crippen LogP contribution in [0, 0.1) is 5.92 Å². The van der Waals surface area contributed by atoms with Crippen LogP contribution in [0.4, 0.5) is 13.2 Å². The highest BCUT2D eigenvalue weighted by Gasteiger charge is 2.31. The molecule has 0 spiro atoms. The second kappa shape index (κ2) is 5.83. The van der Waals surface area contributed by atoms with Crippen molar-refractivity contribution in [3.8, 4) is 0 Å². The normalized spacial score (nSPS) is 23.6. The zero-order valence-corrected chi connectivity index (χ0v) is 10.8. The van der Waals surface area contributed by atoms with Crippen LogP contribution >= 0.6 is 0 Å². The molecule has 20 heavy (non-hydrogen) atoms. The van der Waals surface area contributed by atoms with Gasteiger partial charge < -0.3 is 10.4 Å². The number of aliphatic carboxylic acids is 1. The molecule has 2 rings (SSSR count). The summed E-state index contributed by atoms with van der Waals surface area (Å²) < 4.78 is 37.5. The van der Waals surface area contributed by atoms with Crippen molar-refractivity contribution in [3.05, 3.63) is 35.4 Å². The fourth-order valence-corrected chi connectivity index (χ4v) is 2.63. The number of nitrogens with one attached hydrogen (secondary N) is 1. The Balaban J connectivity index is 2.05. The molecule has 0 aromatic heterocycles. The molecule has 2 atom stereocenters. The summed E-state index contributed by atoms with van der Waals surface area (Å²) in [5.41, 5.74) is 0.160. The number of carboxylic acids is 1. The molecular formula is C14H16F3NO2. The number of piperidine rings is 1. The van der Waals surface area contributed by atoms with Crippen LogP contribution in [-0.2, 0) is 11.0 Å². The molecule has 1 aliphatic rings. The van der Waals surface area contributed by atoms with Crippen molar-refractivity contribution in [1.29, 1.82) is 0 Å². The first-order chi connectivity index (χ1) is 9.36. The summed E-state index contributed by atoms with van der Waals surface area (Å²) in [7, 11) is 0. The molecule has 2 N–H and O–H groups in total. The Labute approximate surface area is 114 Å². The van der Waals surface area contributed by atoms with Gasteiger partial charge in [-0.2, -0.15) is 13.2 Å². The Bertz CT molecular complexity index is 470. The standard InChI is InChI=1S/C14H16F3NO2/c15-14(16,17)12-3-1-10(2-4-12)11-5-9(6-13(19)20)7-18-8-11/h1-4,9,11,18H,5-8H2,(H,19,20). The maximum absolute atomic E-state index is 12.5. The van der Waals surface area contributed by atoms with E-state index < -0.39 is 17.7 Å². The molecule has 1 fully saturated rings. The van der Waals surface area contributed by atoms with Gasteiger partial charge in [0.15, 0.2) is 0 Å². The van der Waals surface area contributed by atoms with Gasteiger partial charge in [-0.15, -0.1) is 0 Å². The Kier molecular flexibility index (Phi) is 4.32. The lowest BCUT2D eigenvalue weighted by Gasteiger charge is -2.29. The maximum Gasteiger partial charge on any atom is 0.416 e. The van der Waals surface area contributed by atoms with Gasteiger partial charge in [-0.3, -0.25) is 4.79 Å². The number of halogens is 3. The van der Waals surface area contributed by atoms with E-state index in [0.29, 0.717) is 19.5 Å². The van der Waals surface area contributed by atoms with Crippen molar-refractivity contribution < 1.29 is 23.1 Å². The van der Waals surface area contributed by atoms with Crippen LogP contribution in [-0.4, -0.2) is 24.2 Å². The molecule has 0 radical (unpaired) electrons. The topological polar surface area (TPSA) is 49.3 Å². The summed E-state index contributed by atoms with van der Waals surface area (Å²) >= 11 is 0. The van der Waals surface area contributed by atoms with E-state index in [2.05, 4.69) is 5.32 Å². The molecule has 0 amide bonds. The van der Waals surface area contributed by atoms with Crippen molar-refractivity contribution in [2.24, 2.45) is 5.92 Å². The molecule has 1 heterocycles. The van der Waals surface area contributed by atoms with E-state index >= 15 is 0 Å². The van der Waals surface area contributed by atoms with Gasteiger partial charge in [0.05, 0.1) is 5.56 Å². The summed E-state index contributed by atoms with van der Waals surface area (Å²) in [6, 6.07) is 5.13. The minimum atomic E-state index is -4.32. The molecule has 3 nitrogen and oxygen atoms in total. The highest BCUT2D eigenvalue weighted by Crippen LogP contribution is 2.32. The van der Waals surface area contributed by atoms with Gasteiger partial charge >= 0.3 is 12.1 Å². The van der Waals surface area contributed by atoms with Gasteiger partial charge in [0, 0.05) is 13.0 Å². The van der Waals surface area contributed by atoms with Gasteiger partial charge in [0.25, 0.3) is 0 Å². The van der Waals surface area contributed by atoms with Crippen LogP contribution in [0.25, 0.3) is 0 Å². The van der Waals surface area contributed by atoms with Crippen LogP contribution in [0.15, 0.2) is 24.3 Å². The highest BCUT2D eigenvalue weighted by atomic mass is 19.4. The Morgan fingerprint density at radius 1 is 1.25 bits per heavy atom. The van der Waals surface area contributed by atoms with Gasteiger partial charge in [-0.1, -0.05) is 12.1 Å². The number of alkyl halides is 3. The molecule has 0 aliphatic carbocycles. The Morgan fingerprint density at radius 3 is 2.45 bits per heavy atom. The molecule has 1 aromatic rings. The van der Waals surface area contributed by atoms with Gasteiger partial charge in [-0.25, -0.2) is 0 Å². The fourth-order valence-electron chi connectivity index (χ4n) is 2.63. The first kappa shape index (κ1) is 14.8. The average molecular weight is 287 g/mol. The second-order valence-corrected chi connectivity index (χ2v) is 5.17. The third-order valence-electron chi connectivity index (χ3n) is 3.61. The quantitative estimate of drug-likeness (QED) is 0.898. The first-order valence-corrected chi connectivity index (χ1v) is 6.46. The number of benzene rings is 1. The van der Waals surface area contributed by atoms with Crippen molar-refractivity contribution in [2.45, 2.75) is 24.9 Å². The van der Waals surface area contributed by atoms with E-state index in [1.807, 2.05) is 0 Å². The van der Waals surface area contributed by atoms with Crippen LogP contribution in [0.1, 0.15) is 29.9 Å². The van der Waals surface area contributed by atoms with Crippen molar-refractivity contribution in [1.82, 2.24) is 5.32 Å². The van der Waals surface area contributed by atoms with Gasteiger partial charge in [0.1, 0.15) is 0 Å². The Hall–Kier alpha value is -1.56. The largest absolute Gasteiger partial charge is 0.481 e. The molecule has 1 aromatic carbocycles. The second-order valence-electron chi connectivity index (χ2n) is 5.17. The maximum atomic E-state index is 12.5. The summed E-state index contributed by atoms with van der Waals surface area (Å²) in [4.78, 5) is 10.7. The molecule has 2 unspecified atom stereocenters. The monoisotopic (exact) mass is 287 g/mol. The molecule has 1 aliphatic heterocycles. The van der Waals surface area contributed by atoms with E-state index in [0.717, 1.165) is 17.7 Å². The highest BCUT2D eigenvalue weighted by molar-refractivity contribution is 5.67. The van der Waals surface area contributed by atoms with Crippen molar-refractivity contribution in [2.75, 3.05) is 13.1 Å². The van der Waals surface area contributed by atoms with Crippen LogP contribution < -0.4 is 5.32 Å². The number of carboxylic acid groups (broad SMARTS) is 1. The van der Waals surface area contributed by atoms with Crippen molar-refractivity contribution >= 4 is 5.97 Å². The number of rotatable bonds is 3. The smallest absolute Gasteiger partial charge is 0.416 e. The third kappa shape index (κ3) is 3.72. The zero-order chi connectivity index (χ0) is 14.8. The van der Waals surface area contributed by atoms with Crippen molar-refractivity contribution in [3.63, 3.8) is 0 Å². The third-order valence-corrected chi connectivity index (χ3v) is 3.61. The van der Waals surface area contributed by atoms with Gasteiger partial charge in [-0.05, 0) is 42.5 Å². The predicted octanol–water partition coefficient (Wildman–Crippen LogP) is 2.87. The molecule has 1 saturated heterocycles. The molecule has 6 heteroatoms. The van der Waals surface area contributed by atoms with E-state index in [9.17, 15) is 18.0 Å². The van der Waals surface area contributed by atoms with Gasteiger partial charge in [0.2, 0.25) is 0 Å². The van der Waals surface area contributed by atoms with Crippen LogP contribution in [0.2, 0.25) is 0 Å². The van der Waals surface area contributed by atoms with Crippen LogP contribution in [0.5, 0.6) is 0 Å². The minimum Gasteiger partial charge on any atom is -0.481 e. The molecule has 110 valence electrons. The predicted molar refractivity (Wildman–Crippen MR) is 67.4 cm³/mol. The number of hydrogen-bond donors (Lipinski definition) is 2. The van der Waals surface area contributed by atoms with E-state index in [4.69, 9.17) is 5.11 Å². The lowest BCUT2D eigenvalue weighted by atomic mass is 9.84. The fraction of sp³-hybridized carbons (Fsp3) is 0.500. The van der Waals surface area contributed by atoms with E-state index in [1.165, 1.54) is 12.1 Å². The number of hydrogen-bond acceptors (Lipinski definition) is 2. The summed E-state index contributed by atoms with van der Waals surface area (Å²) in [5.74, 6) is -0.756. The summed E-state index contributed by atoms with van der Waals surface area (Å²) in [5, 5.41) is 11.9. The average Bonchev–Trinajstić information content (AvgIpc) is 2.37. The minimum absolute atomic E-state index is 0.0218. The molecular weight excluding hydrogens is 271 g/mol. The van der Waals surface area contributed by atoms with Crippen LogP contribution in [0.3, 0.4) is 0 Å². The Morgan fingerprint density at radius 2 is 1.90 bits per heavy atom. The summed E-state index contributed by atoms with van der Waals surface area (Å²) in [6.07, 6.45) is -3.55. The SMILES string of the molecule is O=C(O)CC1CNCC(c2ccc(C(F)(F)F)cc2)C1. The lowest BCUT2D eigenvalue weighted by molar-refractivity contribution is -0.139. The van der Waals surface area contributed by atoms with E-state index in [-0.39, 0.29) is 18.3 Å². The van der Waals surface area contributed by atoms with E-state index in [1.54, 1.807) is 0 Å². The first-order valence-electron chi connectivity index (χ1n) is 6.46.